The second-order valence-corrected chi connectivity index (χ2v) is 19.4. The summed E-state index contributed by atoms with van der Waals surface area (Å²) in [5.74, 6) is -0.877. The molecule has 1 atom stereocenters. The van der Waals surface area contributed by atoms with E-state index in [4.69, 9.17) is 5.11 Å². The van der Waals surface area contributed by atoms with E-state index >= 15 is 0 Å². The van der Waals surface area contributed by atoms with E-state index in [2.05, 4.69) is 64.5 Å². The number of nitrogens with zero attached hydrogens (tertiary/aromatic N) is 5. The molecule has 1 unspecified atom stereocenters. The van der Waals surface area contributed by atoms with Crippen molar-refractivity contribution in [2.45, 2.75) is 47.6 Å². The van der Waals surface area contributed by atoms with Crippen molar-refractivity contribution in [3.8, 4) is 11.5 Å². The minimum absolute atomic E-state index is 0. The molecule has 15 heteroatoms. The molecule has 14 nitrogen and oxygen atoms in total. The Labute approximate surface area is 539 Å². The first-order valence-corrected chi connectivity index (χ1v) is 28.8. The van der Waals surface area contributed by atoms with Crippen LogP contribution in [0.3, 0.4) is 0 Å². The van der Waals surface area contributed by atoms with E-state index in [1.165, 1.54) is 5.69 Å². The van der Waals surface area contributed by atoms with Crippen molar-refractivity contribution in [1.82, 2.24) is 15.4 Å². The van der Waals surface area contributed by atoms with E-state index in [9.17, 15) is 20.2 Å². The maximum Gasteiger partial charge on any atom is 0.259 e. The Morgan fingerprint density at radius 1 is 0.511 bits per heavy atom. The van der Waals surface area contributed by atoms with Gasteiger partial charge in [-0.05, 0) is 101 Å². The van der Waals surface area contributed by atoms with Crippen LogP contribution < -0.4 is 21.0 Å². The predicted octanol–water partition coefficient (Wildman–Crippen LogP) is 20.6. The van der Waals surface area contributed by atoms with Crippen molar-refractivity contribution in [3.05, 3.63) is 249 Å². The average molecular weight is 1240 g/mol. The van der Waals surface area contributed by atoms with Crippen LogP contribution in [0.1, 0.15) is 69.1 Å². The number of phenolic OH excluding ortho intramolecular Hbond substituents is 2. The van der Waals surface area contributed by atoms with Crippen LogP contribution in [0.15, 0.2) is 239 Å². The number of H-pyrrole nitrogens is 2. The van der Waals surface area contributed by atoms with Gasteiger partial charge < -0.3 is 48.3 Å². The maximum atomic E-state index is 13.6. The molecule has 0 aliphatic heterocycles. The number of hydrogen-bond acceptors (Lipinski definition) is 11. The van der Waals surface area contributed by atoms with Gasteiger partial charge in [0.05, 0.1) is 34.0 Å². The number of anilines is 4. The zero-order valence-corrected chi connectivity index (χ0v) is 53.8. The number of hydrogen-bond donors (Lipinski definition) is 8. The molecule has 0 saturated carbocycles. The smallest absolute Gasteiger partial charge is 0.259 e. The number of phenols is 2. The largest absolute Gasteiger partial charge is 0.505 e. The number of carbonyl (C=O) groups excluding carboxylic acids is 1. The summed E-state index contributed by atoms with van der Waals surface area (Å²) < 4.78 is 0. The summed E-state index contributed by atoms with van der Waals surface area (Å²) in [7, 11) is 4.05. The number of para-hydroxylation sites is 3. The number of fused-ring (bicyclic) bond motifs is 10. The molecule has 1 amide bonds. The van der Waals surface area contributed by atoms with Crippen LogP contribution in [0.5, 0.6) is 11.5 Å². The van der Waals surface area contributed by atoms with Gasteiger partial charge in [0.1, 0.15) is 17.1 Å². The van der Waals surface area contributed by atoms with Crippen LogP contribution in [0.2, 0.25) is 0 Å². The molecule has 8 N–H and O–H groups in total. The molecule has 0 saturated heterocycles. The van der Waals surface area contributed by atoms with Gasteiger partial charge in [-0.3, -0.25) is 4.79 Å². The number of amides is 1. The topological polar surface area (TPSA) is 198 Å². The fourth-order valence-electron chi connectivity index (χ4n) is 10.1. The van der Waals surface area contributed by atoms with Gasteiger partial charge in [0.25, 0.3) is 5.91 Å². The maximum absolute atomic E-state index is 13.6. The third-order valence-corrected chi connectivity index (χ3v) is 14.1. The molecule has 88 heavy (non-hydrogen) atoms. The van der Waals surface area contributed by atoms with Crippen LogP contribution in [0, 0.1) is 13.5 Å². The van der Waals surface area contributed by atoms with Crippen LogP contribution >= 0.6 is 0 Å². The first-order valence-electron chi connectivity index (χ1n) is 28.8. The van der Waals surface area contributed by atoms with E-state index < -0.39 is 11.9 Å². The molecule has 0 aliphatic rings. The van der Waals surface area contributed by atoms with Gasteiger partial charge >= 0.3 is 0 Å². The fraction of sp³-hybridized carbons (Fsp3) is 0.123. The second kappa shape index (κ2) is 31.2. The molecule has 0 aliphatic carbocycles. The molecule has 0 fully saturated rings. The summed E-state index contributed by atoms with van der Waals surface area (Å²) in [4.78, 5) is 22.7. The molecule has 0 bridgehead atoms. The summed E-state index contributed by atoms with van der Waals surface area (Å²) in [5.41, 5.74) is 12.0. The Morgan fingerprint density at radius 3 is 1.44 bits per heavy atom. The average Bonchev–Trinajstić information content (AvgIpc) is 1.64. The molecular weight excluding hydrogens is 1170 g/mol. The van der Waals surface area contributed by atoms with Gasteiger partial charge in [-0.25, -0.2) is 0 Å². The fourth-order valence-corrected chi connectivity index (χ4v) is 10.1. The van der Waals surface area contributed by atoms with Gasteiger partial charge in [-0.2, -0.15) is 33.9 Å². The first kappa shape index (κ1) is 66.0. The normalized spacial score (nSPS) is 11.1. The number of rotatable bonds is 12. The van der Waals surface area contributed by atoms with Gasteiger partial charge in [0.15, 0.2) is 5.75 Å². The van der Waals surface area contributed by atoms with Crippen molar-refractivity contribution < 1.29 is 52.9 Å². The van der Waals surface area contributed by atoms with E-state index in [0.717, 1.165) is 65.9 Å². The molecular formula is C73H72N10O4Y-2. The zero-order valence-electron chi connectivity index (χ0n) is 50.9. The number of hydroxylamine groups is 1. The number of aromatic amines is 2. The Hall–Kier alpha value is -9.57. The van der Waals surface area contributed by atoms with E-state index in [1.54, 1.807) is 18.2 Å². The third kappa shape index (κ3) is 14.3. The van der Waals surface area contributed by atoms with Crippen LogP contribution in [0.4, 0.5) is 45.5 Å². The molecule has 13 rings (SSSR count). The molecule has 2 heterocycles. The molecule has 443 valence electrons. The minimum atomic E-state index is -0.738. The standard InChI is InChI=1S/C58H41N9O4.C8H10N.3C2H6.CH3.Y/c68-56-45(51(67-71)33-11-3-1-4-12-33)31-34-19-29-43-41-15-7-9-17-47(41)61-52(43)49(34)54(56)65-63-39-25-21-37(22-26-39)59-38-23-27-40(28-24-38)64-66-55-50-35(20-30-44-42-16-8-10-18-48(42)62-53(44)50)32-46(57(55)69)58(70)60-36-13-5-2-6-14-36;1-9(2)8-6-4-3-5-7-8;3*1-2;;/h1-32,51,59,61-62,67-69,71H,(H,60,70);4-7H,1-2H3;3*1-2H3;1H3;/q;-1;;;;-1;. The number of nitrogens with one attached hydrogen (secondary N) is 5. The van der Waals surface area contributed by atoms with E-state index in [1.807, 2.05) is 244 Å². The Balaban J connectivity index is 0.000000584. The SMILES string of the molecule is CC.CC.CC.CN(C)c1cc[c-]cc1.O=C(Nc1ccccc1)c1cc2ccc3c4ccccc4[nH]c3c2c(N=Nc2ccc(Nc3ccc(N=Nc4c(O)c(C(NO)c5ccccc5)cc5ccc6c7ccccc7[nH]c6c45)cc3)cc2)c1O.[CH3-].[Y]. The van der Waals surface area contributed by atoms with Crippen molar-refractivity contribution in [1.29, 1.82) is 0 Å². The van der Waals surface area contributed by atoms with Crippen molar-refractivity contribution in [2.75, 3.05) is 29.6 Å². The molecule has 0 spiro atoms. The zero-order chi connectivity index (χ0) is 60.7. The van der Waals surface area contributed by atoms with E-state index in [0.29, 0.717) is 38.8 Å². The summed E-state index contributed by atoms with van der Waals surface area (Å²) in [6.45, 7) is 12.0. The number of aromatic nitrogens is 2. The number of azo groups is 2. The van der Waals surface area contributed by atoms with Gasteiger partial charge in [-0.1, -0.05) is 156 Å². The predicted molar refractivity (Wildman–Crippen MR) is 362 cm³/mol. The Morgan fingerprint density at radius 2 is 0.966 bits per heavy atom. The molecule has 11 aromatic carbocycles. The van der Waals surface area contributed by atoms with Crippen LogP contribution in [-0.2, 0) is 32.7 Å². The number of carbonyl (C=O) groups is 1. The van der Waals surface area contributed by atoms with Gasteiger partial charge in [-0.15, -0.1) is 22.4 Å². The molecule has 1 radical (unpaired) electrons. The Bertz CT molecular complexity index is 4480. The Kier molecular flexibility index (Phi) is 23.4. The monoisotopic (exact) mass is 1240 g/mol. The first-order chi connectivity index (χ1) is 42.2. The van der Waals surface area contributed by atoms with Crippen LogP contribution in [-0.4, -0.2) is 45.4 Å². The second-order valence-electron chi connectivity index (χ2n) is 19.4. The third-order valence-electron chi connectivity index (χ3n) is 14.1. The van der Waals surface area contributed by atoms with Crippen molar-refractivity contribution >= 4 is 117 Å². The van der Waals surface area contributed by atoms with Gasteiger partial charge in [0.2, 0.25) is 0 Å². The van der Waals surface area contributed by atoms with Crippen molar-refractivity contribution in [3.63, 3.8) is 0 Å². The van der Waals surface area contributed by atoms with E-state index in [-0.39, 0.29) is 68.6 Å². The number of aromatic hydroxyl groups is 2. The summed E-state index contributed by atoms with van der Waals surface area (Å²) in [5, 5.41) is 65.9. The summed E-state index contributed by atoms with van der Waals surface area (Å²) in [6.07, 6.45) is 0. The summed E-state index contributed by atoms with van der Waals surface area (Å²) in [6, 6.07) is 70.9. The van der Waals surface area contributed by atoms with Crippen molar-refractivity contribution in [2.24, 2.45) is 20.5 Å². The quantitative estimate of drug-likeness (QED) is 0.0338. The summed E-state index contributed by atoms with van der Waals surface area (Å²) >= 11 is 0. The molecule has 2 aromatic heterocycles. The minimum Gasteiger partial charge on any atom is -0.505 e. The van der Waals surface area contributed by atoms with Crippen LogP contribution in [0.25, 0.3) is 65.2 Å². The molecule has 13 aromatic rings. The van der Waals surface area contributed by atoms with Gasteiger partial charge in [0, 0.05) is 113 Å². The number of benzene rings is 11.